The van der Waals surface area contributed by atoms with Gasteiger partial charge in [-0.1, -0.05) is 26.0 Å². The first-order chi connectivity index (χ1) is 13.5. The van der Waals surface area contributed by atoms with Gasteiger partial charge >= 0.3 is 0 Å². The topological polar surface area (TPSA) is 71.5 Å². The molecule has 1 N–H and O–H groups in total. The fraction of sp³-hybridized carbons (Fsp3) is 0.409. The quantitative estimate of drug-likeness (QED) is 0.779. The molecule has 0 radical (unpaired) electrons. The Kier molecular flexibility index (Phi) is 6.63. The van der Waals surface area contributed by atoms with E-state index < -0.39 is 6.04 Å². The van der Waals surface area contributed by atoms with E-state index in [1.807, 2.05) is 12.1 Å². The van der Waals surface area contributed by atoms with Crippen LogP contribution in [0.5, 0.6) is 11.5 Å². The molecule has 28 heavy (non-hydrogen) atoms. The summed E-state index contributed by atoms with van der Waals surface area (Å²) in [5, 5.41) is 2.94. The molecule has 6 nitrogen and oxygen atoms in total. The highest BCUT2D eigenvalue weighted by Gasteiger charge is 2.34. The molecule has 1 aromatic heterocycles. The molecule has 2 amide bonds. The van der Waals surface area contributed by atoms with E-state index >= 15 is 0 Å². The second kappa shape index (κ2) is 9.35. The van der Waals surface area contributed by atoms with Gasteiger partial charge in [0.15, 0.2) is 5.75 Å². The maximum atomic E-state index is 12.9. The van der Waals surface area contributed by atoms with Gasteiger partial charge in [0, 0.05) is 19.2 Å². The van der Waals surface area contributed by atoms with Gasteiger partial charge in [-0.3, -0.25) is 14.6 Å². The van der Waals surface area contributed by atoms with Gasteiger partial charge in [-0.25, -0.2) is 0 Å². The van der Waals surface area contributed by atoms with Crippen LogP contribution in [0.4, 0.5) is 5.69 Å². The average Bonchev–Trinajstić information content (AvgIpc) is 3.18. The lowest BCUT2D eigenvalue weighted by Crippen LogP contribution is -2.43. The number of nitrogens with one attached hydrogen (secondary N) is 1. The van der Waals surface area contributed by atoms with Crippen molar-refractivity contribution in [1.29, 1.82) is 0 Å². The summed E-state index contributed by atoms with van der Waals surface area (Å²) in [5.74, 6) is 1.49. The van der Waals surface area contributed by atoms with Crippen molar-refractivity contribution in [3.63, 3.8) is 0 Å². The fourth-order valence-corrected chi connectivity index (χ4v) is 3.30. The van der Waals surface area contributed by atoms with Crippen molar-refractivity contribution in [2.75, 3.05) is 11.9 Å². The van der Waals surface area contributed by atoms with Crippen molar-refractivity contribution in [3.8, 4) is 11.5 Å². The smallest absolute Gasteiger partial charge is 0.247 e. The van der Waals surface area contributed by atoms with Crippen molar-refractivity contribution in [2.24, 2.45) is 5.92 Å². The third kappa shape index (κ3) is 5.09. The molecule has 1 aliphatic heterocycles. The molecular formula is C22H27N3O3. The molecule has 0 spiro atoms. The number of rotatable bonds is 7. The van der Waals surface area contributed by atoms with Crippen LogP contribution >= 0.6 is 0 Å². The molecule has 3 rings (SSSR count). The largest absolute Gasteiger partial charge is 0.454 e. The predicted octanol–water partition coefficient (Wildman–Crippen LogP) is 4.24. The first-order valence-corrected chi connectivity index (χ1v) is 9.82. The predicted molar refractivity (Wildman–Crippen MR) is 108 cm³/mol. The number of para-hydroxylation sites is 2. The maximum absolute atomic E-state index is 12.9. The Morgan fingerprint density at radius 2 is 2.07 bits per heavy atom. The van der Waals surface area contributed by atoms with Crippen LogP contribution < -0.4 is 10.1 Å². The number of amides is 2. The van der Waals surface area contributed by atoms with Crippen LogP contribution in [0.2, 0.25) is 0 Å². The monoisotopic (exact) mass is 381 g/mol. The first kappa shape index (κ1) is 19.9. The zero-order valence-electron chi connectivity index (χ0n) is 16.4. The van der Waals surface area contributed by atoms with Gasteiger partial charge in [-0.2, -0.15) is 0 Å². The van der Waals surface area contributed by atoms with Crippen molar-refractivity contribution in [1.82, 2.24) is 9.88 Å². The highest BCUT2D eigenvalue weighted by molar-refractivity contribution is 5.98. The number of hydrogen-bond donors (Lipinski definition) is 1. The molecule has 0 saturated carbocycles. The molecule has 2 heterocycles. The normalized spacial score (nSPS) is 16.2. The van der Waals surface area contributed by atoms with Crippen molar-refractivity contribution in [3.05, 3.63) is 48.8 Å². The molecule has 0 aliphatic carbocycles. The van der Waals surface area contributed by atoms with Gasteiger partial charge < -0.3 is 15.0 Å². The van der Waals surface area contributed by atoms with E-state index in [4.69, 9.17) is 4.74 Å². The molecule has 1 fully saturated rings. The molecule has 0 unspecified atom stereocenters. The van der Waals surface area contributed by atoms with E-state index in [9.17, 15) is 9.59 Å². The van der Waals surface area contributed by atoms with Gasteiger partial charge in [0.1, 0.15) is 11.8 Å². The minimum Gasteiger partial charge on any atom is -0.454 e. The highest BCUT2D eigenvalue weighted by atomic mass is 16.5. The lowest BCUT2D eigenvalue weighted by molar-refractivity contribution is -0.136. The van der Waals surface area contributed by atoms with E-state index in [-0.39, 0.29) is 11.8 Å². The van der Waals surface area contributed by atoms with Gasteiger partial charge in [0.25, 0.3) is 0 Å². The average molecular weight is 381 g/mol. The fourth-order valence-electron chi connectivity index (χ4n) is 3.30. The van der Waals surface area contributed by atoms with Crippen molar-refractivity contribution < 1.29 is 14.3 Å². The molecule has 2 aromatic rings. The van der Waals surface area contributed by atoms with E-state index in [1.165, 1.54) is 0 Å². The van der Waals surface area contributed by atoms with Crippen LogP contribution in [0.25, 0.3) is 0 Å². The first-order valence-electron chi connectivity index (χ1n) is 9.82. The van der Waals surface area contributed by atoms with Crippen LogP contribution in [0.1, 0.15) is 39.5 Å². The molecule has 1 atom stereocenters. The Balaban J connectivity index is 1.68. The summed E-state index contributed by atoms with van der Waals surface area (Å²) in [6.07, 6.45) is 6.15. The second-order valence-electron chi connectivity index (χ2n) is 7.45. The molecule has 6 heteroatoms. The summed E-state index contributed by atoms with van der Waals surface area (Å²) in [4.78, 5) is 31.2. The summed E-state index contributed by atoms with van der Waals surface area (Å²) in [7, 11) is 0. The van der Waals surface area contributed by atoms with Crippen LogP contribution in [0, 0.1) is 5.92 Å². The number of ether oxygens (including phenoxy) is 1. The number of anilines is 1. The Morgan fingerprint density at radius 1 is 1.25 bits per heavy atom. The third-order valence-corrected chi connectivity index (χ3v) is 4.82. The number of hydrogen-bond acceptors (Lipinski definition) is 4. The summed E-state index contributed by atoms with van der Waals surface area (Å²) in [5.41, 5.74) is 0.581. The summed E-state index contributed by atoms with van der Waals surface area (Å²) in [6, 6.07) is 10.4. The van der Waals surface area contributed by atoms with Crippen LogP contribution in [0.15, 0.2) is 48.8 Å². The highest BCUT2D eigenvalue weighted by Crippen LogP contribution is 2.30. The van der Waals surface area contributed by atoms with E-state index in [0.717, 1.165) is 12.8 Å². The minimum atomic E-state index is -0.425. The van der Waals surface area contributed by atoms with E-state index in [0.29, 0.717) is 42.5 Å². The Bertz CT molecular complexity index is 808. The van der Waals surface area contributed by atoms with Crippen LogP contribution in [0.3, 0.4) is 0 Å². The standard InChI is InChI=1S/C22H27N3O3/c1-16(2)11-12-21(26)25-14-6-9-19(25)22(27)24-18-8-3-4-10-20(18)28-17-7-5-13-23-15-17/h3-5,7-8,10,13,15-16,19H,6,9,11-12,14H2,1-2H3,(H,24,27)/t19-/m1/s1. The number of carbonyl (C=O) groups is 2. The Morgan fingerprint density at radius 3 is 2.82 bits per heavy atom. The number of nitrogens with zero attached hydrogens (tertiary/aromatic N) is 2. The number of likely N-dealkylation sites (tertiary alicyclic amines) is 1. The lowest BCUT2D eigenvalue weighted by Gasteiger charge is -2.24. The number of carbonyl (C=O) groups excluding carboxylic acids is 2. The zero-order valence-corrected chi connectivity index (χ0v) is 16.4. The Labute approximate surface area is 165 Å². The van der Waals surface area contributed by atoms with Crippen molar-refractivity contribution >= 4 is 17.5 Å². The molecular weight excluding hydrogens is 354 g/mol. The second-order valence-corrected chi connectivity index (χ2v) is 7.45. The van der Waals surface area contributed by atoms with Gasteiger partial charge in [0.05, 0.1) is 11.9 Å². The minimum absolute atomic E-state index is 0.0613. The van der Waals surface area contributed by atoms with E-state index in [1.54, 1.807) is 41.6 Å². The van der Waals surface area contributed by atoms with Crippen LogP contribution in [-0.4, -0.2) is 34.3 Å². The maximum Gasteiger partial charge on any atom is 0.247 e. The lowest BCUT2D eigenvalue weighted by atomic mass is 10.1. The molecule has 0 bridgehead atoms. The Hall–Kier alpha value is -2.89. The number of benzene rings is 1. The molecule has 1 aromatic carbocycles. The molecule has 148 valence electrons. The van der Waals surface area contributed by atoms with E-state index in [2.05, 4.69) is 24.1 Å². The summed E-state index contributed by atoms with van der Waals surface area (Å²) < 4.78 is 5.85. The SMILES string of the molecule is CC(C)CCC(=O)N1CCC[C@@H]1C(=O)Nc1ccccc1Oc1cccnc1. The number of pyridine rings is 1. The molecule has 1 saturated heterocycles. The van der Waals surface area contributed by atoms with Gasteiger partial charge in [-0.15, -0.1) is 0 Å². The van der Waals surface area contributed by atoms with Crippen molar-refractivity contribution in [2.45, 2.75) is 45.6 Å². The van der Waals surface area contributed by atoms with Crippen LogP contribution in [-0.2, 0) is 9.59 Å². The van der Waals surface area contributed by atoms with Gasteiger partial charge in [-0.05, 0) is 49.4 Å². The zero-order chi connectivity index (χ0) is 19.9. The molecule has 1 aliphatic rings. The van der Waals surface area contributed by atoms with Gasteiger partial charge in [0.2, 0.25) is 11.8 Å². The number of aromatic nitrogens is 1. The third-order valence-electron chi connectivity index (χ3n) is 4.82. The summed E-state index contributed by atoms with van der Waals surface area (Å²) >= 11 is 0. The summed E-state index contributed by atoms with van der Waals surface area (Å²) in [6.45, 7) is 4.84.